The third-order valence-corrected chi connectivity index (χ3v) is 62.5. The fraction of sp³-hybridized carbons (Fsp3) is 0.125. The number of halogens is 2. The maximum atomic E-state index is 2.60. The molecule has 344 valence electrons. The predicted octanol–water partition coefficient (Wildman–Crippen LogP) is 11.8. The van der Waals surface area contributed by atoms with Gasteiger partial charge in [-0.2, -0.15) is 0 Å². The molecule has 0 spiro atoms. The summed E-state index contributed by atoms with van der Waals surface area (Å²) in [4.78, 5) is 0. The molecule has 8 aromatic carbocycles. The Kier molecular flexibility index (Phi) is 16.2. The number of fused-ring (bicyclic) bond motifs is 4. The van der Waals surface area contributed by atoms with Crippen LogP contribution in [0, 0.1) is 0 Å². The van der Waals surface area contributed by atoms with Gasteiger partial charge in [-0.15, -0.1) is 0 Å². The van der Waals surface area contributed by atoms with Gasteiger partial charge in [-0.1, -0.05) is 0 Å². The Morgan fingerprint density at radius 1 is 0.286 bits per heavy atom. The summed E-state index contributed by atoms with van der Waals surface area (Å²) in [6.45, 7) is 10.3. The second-order valence-electron chi connectivity index (χ2n) is 19.0. The first-order valence-corrected chi connectivity index (χ1v) is 47.3. The molecule has 12 rings (SSSR count). The van der Waals surface area contributed by atoms with E-state index < -0.39 is 40.1 Å². The zero-order valence-corrected chi connectivity index (χ0v) is 51.1. The number of hydrogen-bond acceptors (Lipinski definition) is 0. The van der Waals surface area contributed by atoms with Crippen molar-refractivity contribution >= 4 is 76.4 Å². The van der Waals surface area contributed by atoms with Crippen molar-refractivity contribution in [1.29, 1.82) is 0 Å². The molecule has 0 aliphatic heterocycles. The molecule has 0 radical (unpaired) electrons. The van der Waals surface area contributed by atoms with Gasteiger partial charge in [0.25, 0.3) is 0 Å². The fourth-order valence-electron chi connectivity index (χ4n) is 11.2. The minimum Gasteiger partial charge on any atom is -1.00 e. The van der Waals surface area contributed by atoms with Crippen LogP contribution in [-0.4, -0.2) is 11.0 Å². The van der Waals surface area contributed by atoms with Gasteiger partial charge in [-0.05, 0) is 0 Å². The molecular weight excluding hydrogens is 1250 g/mol. The van der Waals surface area contributed by atoms with Gasteiger partial charge in [0.15, 0.2) is 0 Å². The van der Waals surface area contributed by atoms with Crippen LogP contribution in [0.3, 0.4) is 0 Å². The van der Waals surface area contributed by atoms with E-state index in [2.05, 4.69) is 245 Å². The van der Waals surface area contributed by atoms with Gasteiger partial charge >= 0.3 is 422 Å². The van der Waals surface area contributed by atoms with E-state index in [4.69, 9.17) is 0 Å². The standard InChI is InChI=1S/4C15H11.2C2H6Si.2ClH.2Hf/c4*1-2-7-12(6-1)15-11-5-9-13-8-3-4-10-14(13)15;2*1-3-2;;;;/h4*3-11H,1H2;2*1-2H3;2*1H;;/p-2. The van der Waals surface area contributed by atoms with Crippen molar-refractivity contribution in [2.45, 2.75) is 51.9 Å². The van der Waals surface area contributed by atoms with E-state index in [0.29, 0.717) is 0 Å². The first-order valence-electron chi connectivity index (χ1n) is 24.3. The third kappa shape index (κ3) is 10.2. The molecule has 0 N–H and O–H groups in total. The van der Waals surface area contributed by atoms with Crippen LogP contribution >= 0.6 is 0 Å². The van der Waals surface area contributed by atoms with Crippen molar-refractivity contribution in [2.24, 2.45) is 0 Å². The van der Waals surface area contributed by atoms with Crippen molar-refractivity contribution in [2.75, 3.05) is 0 Å². The van der Waals surface area contributed by atoms with E-state index >= 15 is 0 Å². The summed E-state index contributed by atoms with van der Waals surface area (Å²) in [5, 5.41) is 10.8. The summed E-state index contributed by atoms with van der Waals surface area (Å²) in [6, 6.07) is 62.1. The van der Waals surface area contributed by atoms with Crippen LogP contribution in [0.5, 0.6) is 0 Å². The summed E-state index contributed by atoms with van der Waals surface area (Å²) >= 11 is -4.12. The summed E-state index contributed by atoms with van der Waals surface area (Å²) < 4.78 is 7.24. The molecule has 70 heavy (non-hydrogen) atoms. The molecule has 0 saturated heterocycles. The Hall–Kier alpha value is -4.53. The molecule has 0 atom stereocenters. The van der Waals surface area contributed by atoms with Crippen molar-refractivity contribution in [3.8, 4) is 0 Å². The van der Waals surface area contributed by atoms with Gasteiger partial charge in [0, 0.05) is 0 Å². The van der Waals surface area contributed by atoms with Crippen LogP contribution in [0.4, 0.5) is 0 Å². The number of rotatable bonds is 8. The smallest absolute Gasteiger partial charge is 1.00 e. The summed E-state index contributed by atoms with van der Waals surface area (Å²) in [7, 11) is 0. The monoisotopic (exact) mass is 1310 g/mol. The van der Waals surface area contributed by atoms with Gasteiger partial charge in [0.2, 0.25) is 0 Å². The number of hydrogen-bond donors (Lipinski definition) is 0. The van der Waals surface area contributed by atoms with Crippen molar-refractivity contribution in [3.63, 3.8) is 0 Å². The van der Waals surface area contributed by atoms with Gasteiger partial charge in [-0.25, -0.2) is 0 Å². The van der Waals surface area contributed by atoms with Crippen LogP contribution in [0.25, 0.3) is 65.4 Å². The maximum Gasteiger partial charge on any atom is -1.00 e. The van der Waals surface area contributed by atoms with Crippen molar-refractivity contribution < 1.29 is 64.9 Å². The second-order valence-corrected chi connectivity index (χ2v) is 67.3. The molecular formula is C64H56Cl2Hf2Si2-2. The zero-order valence-electron chi connectivity index (χ0n) is 40.4. The third-order valence-electron chi connectivity index (χ3n) is 14.2. The Balaban J connectivity index is 0.000000169. The molecule has 0 fully saturated rings. The van der Waals surface area contributed by atoms with Gasteiger partial charge in [-0.3, -0.25) is 0 Å². The Morgan fingerprint density at radius 2 is 0.500 bits per heavy atom. The molecule has 0 unspecified atom stereocenters. The largest absolute Gasteiger partial charge is 1.00 e. The topological polar surface area (TPSA) is 0 Å². The average Bonchev–Trinajstić information content (AvgIpc) is 4.23. The van der Waals surface area contributed by atoms with Gasteiger partial charge < -0.3 is 24.8 Å². The van der Waals surface area contributed by atoms with Crippen LogP contribution in [-0.2, 0) is 40.1 Å². The summed E-state index contributed by atoms with van der Waals surface area (Å²) in [5.41, 5.74) is 10.7. The van der Waals surface area contributed by atoms with E-state index in [1.165, 1.54) is 87.6 Å². The molecule has 0 amide bonds. The van der Waals surface area contributed by atoms with E-state index in [1.54, 1.807) is 0 Å². The zero-order chi connectivity index (χ0) is 46.1. The molecule has 0 saturated carbocycles. The maximum absolute atomic E-state index is 2.60. The van der Waals surface area contributed by atoms with Crippen molar-refractivity contribution in [3.05, 3.63) is 254 Å². The molecule has 0 nitrogen and oxygen atoms in total. The van der Waals surface area contributed by atoms with Crippen LogP contribution in [0.2, 0.25) is 26.2 Å². The Morgan fingerprint density at radius 3 is 0.729 bits per heavy atom. The number of allylic oxidation sites excluding steroid dienone is 16. The quantitative estimate of drug-likeness (QED) is 0.133. The van der Waals surface area contributed by atoms with E-state index in [-0.39, 0.29) is 35.8 Å². The summed E-state index contributed by atoms with van der Waals surface area (Å²) in [5.74, 6) is 0. The number of benzene rings is 8. The molecule has 6 heteroatoms. The minimum absolute atomic E-state index is 0. The molecule has 0 bridgehead atoms. The van der Waals surface area contributed by atoms with Crippen LogP contribution < -0.4 is 24.8 Å². The molecule has 0 heterocycles. The van der Waals surface area contributed by atoms with Gasteiger partial charge in [0.1, 0.15) is 0 Å². The van der Waals surface area contributed by atoms with Crippen LogP contribution in [0.1, 0.15) is 47.9 Å². The summed E-state index contributed by atoms with van der Waals surface area (Å²) in [6.07, 6.45) is 25.0. The first kappa shape index (κ1) is 50.4. The molecule has 4 aliphatic rings. The van der Waals surface area contributed by atoms with E-state index in [9.17, 15) is 0 Å². The van der Waals surface area contributed by atoms with E-state index in [0.717, 1.165) is 25.7 Å². The van der Waals surface area contributed by atoms with Gasteiger partial charge in [0.05, 0.1) is 0 Å². The van der Waals surface area contributed by atoms with Crippen LogP contribution in [0.15, 0.2) is 232 Å². The Labute approximate surface area is 442 Å². The average molecular weight is 1310 g/mol. The first-order chi connectivity index (χ1) is 33.4. The van der Waals surface area contributed by atoms with E-state index in [1.807, 2.05) is 13.3 Å². The fourth-order valence-corrected chi connectivity index (χ4v) is 58.8. The predicted molar refractivity (Wildman–Crippen MR) is 293 cm³/mol. The second kappa shape index (κ2) is 22.5. The Bertz CT molecular complexity index is 3220. The molecule has 0 aromatic heterocycles. The molecule has 8 aromatic rings. The normalized spacial score (nSPS) is 14.8. The minimum atomic E-state index is -2.06. The molecule has 4 aliphatic carbocycles. The SMILES string of the molecule is C[Si](C)=[Hf]([C]1=CC(c2cccc3ccccc23)=CC1)[C]1=CC(c2cccc3ccccc23)=CC1.C[Si](C)=[Hf]([C]1=CC(c2cccc3ccccc23)=CC1)[C]1=CC(c2cccc3ccccc23)=CC1.[Cl-].[Cl-]. The van der Waals surface area contributed by atoms with Crippen molar-refractivity contribution in [1.82, 2.24) is 0 Å².